The molecular formula is C18H18F2N2O3. The highest BCUT2D eigenvalue weighted by atomic mass is 19.2. The summed E-state index contributed by atoms with van der Waals surface area (Å²) in [4.78, 5) is 23.5. The smallest absolute Gasteiger partial charge is 0.251 e. The minimum Gasteiger partial charge on any atom is -0.392 e. The predicted octanol–water partition coefficient (Wildman–Crippen LogP) is 1.55. The number of nitrogens with one attached hydrogen (secondary N) is 2. The number of hydrogen-bond acceptors (Lipinski definition) is 3. The van der Waals surface area contributed by atoms with Crippen LogP contribution in [0, 0.1) is 11.6 Å². The number of hydrogen-bond donors (Lipinski definition) is 3. The third-order valence-corrected chi connectivity index (χ3v) is 3.53. The Balaban J connectivity index is 1.72. The molecule has 2 aromatic carbocycles. The monoisotopic (exact) mass is 348 g/mol. The van der Waals surface area contributed by atoms with Crippen LogP contribution in [0.1, 0.15) is 21.5 Å². The van der Waals surface area contributed by atoms with Crippen LogP contribution in [-0.2, 0) is 17.8 Å². The van der Waals surface area contributed by atoms with Gasteiger partial charge in [-0.05, 0) is 35.7 Å². The van der Waals surface area contributed by atoms with Gasteiger partial charge < -0.3 is 15.7 Å². The highest BCUT2D eigenvalue weighted by Crippen LogP contribution is 2.08. The Labute approximate surface area is 143 Å². The lowest BCUT2D eigenvalue weighted by molar-refractivity contribution is -0.120. The summed E-state index contributed by atoms with van der Waals surface area (Å²) in [5.41, 5.74) is 1.76. The summed E-state index contributed by atoms with van der Waals surface area (Å²) in [7, 11) is 0. The van der Waals surface area contributed by atoms with Crippen molar-refractivity contribution < 1.29 is 23.5 Å². The molecule has 5 nitrogen and oxygen atoms in total. The van der Waals surface area contributed by atoms with Crippen molar-refractivity contribution in [3.63, 3.8) is 0 Å². The molecule has 0 aliphatic rings. The SMILES string of the molecule is O=C(CNC(=O)c1ccc(F)c(F)c1)NCCc1ccc(CO)cc1. The van der Waals surface area contributed by atoms with Gasteiger partial charge in [0.25, 0.3) is 5.91 Å². The van der Waals surface area contributed by atoms with Gasteiger partial charge in [-0.2, -0.15) is 0 Å². The number of amides is 2. The Bertz CT molecular complexity index is 748. The number of carbonyl (C=O) groups excluding carboxylic acids is 2. The van der Waals surface area contributed by atoms with E-state index in [9.17, 15) is 18.4 Å². The molecule has 0 aromatic heterocycles. The fourth-order valence-electron chi connectivity index (χ4n) is 2.12. The number of halogens is 2. The van der Waals surface area contributed by atoms with Crippen LogP contribution in [0.2, 0.25) is 0 Å². The average molecular weight is 348 g/mol. The molecule has 25 heavy (non-hydrogen) atoms. The number of aliphatic hydroxyl groups excluding tert-OH is 1. The van der Waals surface area contributed by atoms with E-state index >= 15 is 0 Å². The van der Waals surface area contributed by atoms with Crippen molar-refractivity contribution in [1.29, 1.82) is 0 Å². The summed E-state index contributed by atoms with van der Waals surface area (Å²) in [6, 6.07) is 10.1. The van der Waals surface area contributed by atoms with Gasteiger partial charge in [0.1, 0.15) is 0 Å². The number of carbonyl (C=O) groups is 2. The molecule has 2 rings (SSSR count). The fraction of sp³-hybridized carbons (Fsp3) is 0.222. The van der Waals surface area contributed by atoms with E-state index in [0.29, 0.717) is 13.0 Å². The number of benzene rings is 2. The molecule has 0 heterocycles. The first kappa shape index (κ1) is 18.5. The molecule has 0 unspecified atom stereocenters. The zero-order chi connectivity index (χ0) is 18.2. The molecule has 0 fully saturated rings. The average Bonchev–Trinajstić information content (AvgIpc) is 2.62. The Hall–Kier alpha value is -2.80. The summed E-state index contributed by atoms with van der Waals surface area (Å²) >= 11 is 0. The van der Waals surface area contributed by atoms with Crippen LogP contribution in [0.25, 0.3) is 0 Å². The van der Waals surface area contributed by atoms with Gasteiger partial charge in [-0.25, -0.2) is 8.78 Å². The van der Waals surface area contributed by atoms with Crippen LogP contribution >= 0.6 is 0 Å². The molecule has 132 valence electrons. The number of rotatable bonds is 7. The predicted molar refractivity (Wildman–Crippen MR) is 87.8 cm³/mol. The summed E-state index contributed by atoms with van der Waals surface area (Å²) in [6.07, 6.45) is 0.606. The maximum Gasteiger partial charge on any atom is 0.251 e. The van der Waals surface area contributed by atoms with Gasteiger partial charge in [0.2, 0.25) is 5.91 Å². The molecule has 2 amide bonds. The molecule has 0 aliphatic heterocycles. The first-order chi connectivity index (χ1) is 12.0. The van der Waals surface area contributed by atoms with Gasteiger partial charge in [-0.15, -0.1) is 0 Å². The van der Waals surface area contributed by atoms with Gasteiger partial charge in [-0.3, -0.25) is 9.59 Å². The van der Waals surface area contributed by atoms with Crippen molar-refractivity contribution >= 4 is 11.8 Å². The van der Waals surface area contributed by atoms with Crippen molar-refractivity contribution in [2.45, 2.75) is 13.0 Å². The first-order valence-corrected chi connectivity index (χ1v) is 7.68. The second-order valence-corrected chi connectivity index (χ2v) is 5.39. The summed E-state index contributed by atoms with van der Waals surface area (Å²) < 4.78 is 25.9. The van der Waals surface area contributed by atoms with Gasteiger partial charge in [0, 0.05) is 12.1 Å². The van der Waals surface area contributed by atoms with Gasteiger partial charge in [0.05, 0.1) is 13.2 Å². The lowest BCUT2D eigenvalue weighted by Crippen LogP contribution is -2.37. The number of aliphatic hydroxyl groups is 1. The third kappa shape index (κ3) is 5.65. The van der Waals surface area contributed by atoms with E-state index in [1.54, 1.807) is 12.1 Å². The fourth-order valence-corrected chi connectivity index (χ4v) is 2.12. The molecule has 0 bridgehead atoms. The minimum absolute atomic E-state index is 0.0192. The zero-order valence-corrected chi connectivity index (χ0v) is 13.4. The second-order valence-electron chi connectivity index (χ2n) is 5.39. The summed E-state index contributed by atoms with van der Waals surface area (Å²) in [5, 5.41) is 14.0. The normalized spacial score (nSPS) is 10.4. The van der Waals surface area contributed by atoms with E-state index in [4.69, 9.17) is 5.11 Å². The maximum atomic E-state index is 13.1. The van der Waals surface area contributed by atoms with Crippen molar-refractivity contribution in [2.75, 3.05) is 13.1 Å². The Morgan fingerprint density at radius 1 is 0.920 bits per heavy atom. The highest BCUT2D eigenvalue weighted by molar-refractivity contribution is 5.96. The quantitative estimate of drug-likeness (QED) is 0.710. The first-order valence-electron chi connectivity index (χ1n) is 7.68. The van der Waals surface area contributed by atoms with Gasteiger partial charge in [0.15, 0.2) is 11.6 Å². The van der Waals surface area contributed by atoms with E-state index in [1.165, 1.54) is 0 Å². The summed E-state index contributed by atoms with van der Waals surface area (Å²) in [5.74, 6) is -3.21. The largest absolute Gasteiger partial charge is 0.392 e. The van der Waals surface area contributed by atoms with Crippen LogP contribution in [0.15, 0.2) is 42.5 Å². The lowest BCUT2D eigenvalue weighted by Gasteiger charge is -2.08. The van der Waals surface area contributed by atoms with E-state index in [-0.39, 0.29) is 24.6 Å². The summed E-state index contributed by atoms with van der Waals surface area (Å²) in [6.45, 7) is 0.105. The molecule has 3 N–H and O–H groups in total. The van der Waals surface area contributed by atoms with E-state index in [0.717, 1.165) is 29.3 Å². The maximum absolute atomic E-state index is 13.1. The molecule has 7 heteroatoms. The van der Waals surface area contributed by atoms with Gasteiger partial charge >= 0.3 is 0 Å². The van der Waals surface area contributed by atoms with E-state index < -0.39 is 17.5 Å². The van der Waals surface area contributed by atoms with Crippen LogP contribution in [0.3, 0.4) is 0 Å². The lowest BCUT2D eigenvalue weighted by atomic mass is 10.1. The van der Waals surface area contributed by atoms with Crippen LogP contribution in [0.4, 0.5) is 8.78 Å². The molecule has 0 saturated carbocycles. The molecule has 0 aliphatic carbocycles. The molecule has 0 spiro atoms. The van der Waals surface area contributed by atoms with Crippen molar-refractivity contribution in [3.05, 3.63) is 70.8 Å². The Kier molecular flexibility index (Phi) is 6.59. The minimum atomic E-state index is -1.12. The zero-order valence-electron chi connectivity index (χ0n) is 13.4. The van der Waals surface area contributed by atoms with Gasteiger partial charge in [-0.1, -0.05) is 24.3 Å². The van der Waals surface area contributed by atoms with E-state index in [1.807, 2.05) is 12.1 Å². The van der Waals surface area contributed by atoms with Crippen molar-refractivity contribution in [1.82, 2.24) is 10.6 Å². The Morgan fingerprint density at radius 2 is 1.60 bits per heavy atom. The second kappa shape index (κ2) is 8.89. The van der Waals surface area contributed by atoms with Crippen LogP contribution < -0.4 is 10.6 Å². The van der Waals surface area contributed by atoms with Crippen molar-refractivity contribution in [3.8, 4) is 0 Å². The third-order valence-electron chi connectivity index (χ3n) is 3.53. The van der Waals surface area contributed by atoms with E-state index in [2.05, 4.69) is 10.6 Å². The highest BCUT2D eigenvalue weighted by Gasteiger charge is 2.10. The van der Waals surface area contributed by atoms with Crippen molar-refractivity contribution in [2.24, 2.45) is 0 Å². The molecule has 2 aromatic rings. The van der Waals surface area contributed by atoms with Crippen LogP contribution in [-0.4, -0.2) is 30.0 Å². The standard InChI is InChI=1S/C18H18F2N2O3/c19-15-6-5-14(9-16(15)20)18(25)22-10-17(24)21-8-7-12-1-3-13(11-23)4-2-12/h1-6,9,23H,7-8,10-11H2,(H,21,24)(H,22,25). The molecule has 0 radical (unpaired) electrons. The Morgan fingerprint density at radius 3 is 2.24 bits per heavy atom. The molecule has 0 saturated heterocycles. The van der Waals surface area contributed by atoms with Crippen LogP contribution in [0.5, 0.6) is 0 Å². The molecule has 0 atom stereocenters. The topological polar surface area (TPSA) is 78.4 Å². The molecular weight excluding hydrogens is 330 g/mol.